The highest BCUT2D eigenvalue weighted by atomic mass is 32.2. The molecule has 2 fully saturated rings. The van der Waals surface area contributed by atoms with Crippen molar-refractivity contribution >= 4 is 27.7 Å². The number of sulfonamides is 1. The Morgan fingerprint density at radius 1 is 1.11 bits per heavy atom. The standard InChI is InChI=1S/C32H43F3N4O6S/c1-38-19-25(39-20-24(38)7-5-18-46(39,42)43)14-15-26-27(35)8-4-9-28(26)36-30(40)29(37-31(41)45-3)32(21-44-2,16-6-17-33)22-10-12-23(34)13-11-22/h4,8-13,24-25,29H,5-7,14-21H2,1-3H3,(H,36,40)(H,37,41). The highest BCUT2D eigenvalue weighted by Gasteiger charge is 2.46. The Labute approximate surface area is 268 Å². The van der Waals surface area contributed by atoms with Crippen LogP contribution in [0.25, 0.3) is 0 Å². The van der Waals surface area contributed by atoms with Crippen LogP contribution in [0.5, 0.6) is 0 Å². The van der Waals surface area contributed by atoms with E-state index in [0.29, 0.717) is 31.5 Å². The number of amides is 2. The fourth-order valence-corrected chi connectivity index (χ4v) is 8.56. The molecule has 2 saturated heterocycles. The van der Waals surface area contributed by atoms with Crippen LogP contribution < -0.4 is 10.6 Å². The van der Waals surface area contributed by atoms with Gasteiger partial charge in [-0.05, 0) is 75.4 Å². The summed E-state index contributed by atoms with van der Waals surface area (Å²) in [5, 5.41) is 5.31. The number of hydrogen-bond donors (Lipinski definition) is 2. The summed E-state index contributed by atoms with van der Waals surface area (Å²) in [6.45, 7) is 0.000360. The molecule has 0 aromatic heterocycles. The van der Waals surface area contributed by atoms with Crippen molar-refractivity contribution in [3.05, 3.63) is 65.2 Å². The summed E-state index contributed by atoms with van der Waals surface area (Å²) in [5.41, 5.74) is -0.644. The number of halogens is 3. The molecule has 2 heterocycles. The Morgan fingerprint density at radius 2 is 1.85 bits per heavy atom. The van der Waals surface area contributed by atoms with Crippen LogP contribution in [-0.4, -0.2) is 101 Å². The van der Waals surface area contributed by atoms with Crippen LogP contribution in [0.4, 0.5) is 23.7 Å². The highest BCUT2D eigenvalue weighted by Crippen LogP contribution is 2.36. The highest BCUT2D eigenvalue weighted by molar-refractivity contribution is 7.89. The molecule has 2 bridgehead atoms. The maximum absolute atomic E-state index is 15.4. The monoisotopic (exact) mass is 668 g/mol. The zero-order chi connectivity index (χ0) is 33.5. The van der Waals surface area contributed by atoms with Gasteiger partial charge in [-0.2, -0.15) is 4.31 Å². The third kappa shape index (κ3) is 8.01. The zero-order valence-corrected chi connectivity index (χ0v) is 27.3. The molecule has 5 unspecified atom stereocenters. The molecule has 14 heteroatoms. The lowest BCUT2D eigenvalue weighted by molar-refractivity contribution is -0.120. The Balaban J connectivity index is 1.67. The first-order valence-corrected chi connectivity index (χ1v) is 17.0. The minimum absolute atomic E-state index is 0.00527. The van der Waals surface area contributed by atoms with Crippen LogP contribution in [0.2, 0.25) is 0 Å². The van der Waals surface area contributed by atoms with Gasteiger partial charge in [0.15, 0.2) is 0 Å². The zero-order valence-electron chi connectivity index (χ0n) is 26.4. The number of anilines is 1. The number of rotatable bonds is 13. The summed E-state index contributed by atoms with van der Waals surface area (Å²) >= 11 is 0. The van der Waals surface area contributed by atoms with E-state index in [9.17, 15) is 26.8 Å². The lowest BCUT2D eigenvalue weighted by Crippen LogP contribution is -2.59. The van der Waals surface area contributed by atoms with Crippen molar-refractivity contribution in [2.45, 2.75) is 62.1 Å². The van der Waals surface area contributed by atoms with Gasteiger partial charge < -0.3 is 25.0 Å². The molecule has 5 atom stereocenters. The predicted octanol–water partition coefficient (Wildman–Crippen LogP) is 4.00. The van der Waals surface area contributed by atoms with Crippen molar-refractivity contribution in [1.29, 1.82) is 0 Å². The second kappa shape index (κ2) is 15.6. The first-order chi connectivity index (χ1) is 21.9. The van der Waals surface area contributed by atoms with Gasteiger partial charge in [-0.1, -0.05) is 18.2 Å². The minimum atomic E-state index is -3.46. The van der Waals surface area contributed by atoms with E-state index in [4.69, 9.17) is 9.47 Å². The number of ether oxygens (including phenoxy) is 2. The molecule has 0 radical (unpaired) electrons. The molecule has 2 aromatic rings. The number of nitrogens with one attached hydrogen (secondary N) is 2. The van der Waals surface area contributed by atoms with Crippen LogP contribution in [-0.2, 0) is 36.1 Å². The van der Waals surface area contributed by atoms with Gasteiger partial charge in [-0.15, -0.1) is 0 Å². The second-order valence-corrected chi connectivity index (χ2v) is 14.1. The van der Waals surface area contributed by atoms with Gasteiger partial charge in [0, 0.05) is 48.9 Å². The molecular formula is C32H43F3N4O6S. The molecule has 10 nitrogen and oxygen atoms in total. The molecule has 0 aliphatic carbocycles. The number of alkyl carbamates (subject to hydrolysis) is 1. The molecule has 2 aliphatic rings. The van der Waals surface area contributed by atoms with Gasteiger partial charge in [0.25, 0.3) is 0 Å². The SMILES string of the molecule is COCC(CCCF)(c1ccc(F)cc1)C(NC(=O)OC)C(=O)Nc1cccc(F)c1CCC1CN(C)C2CCCS(=O)(=O)N1C2. The van der Waals surface area contributed by atoms with E-state index in [0.717, 1.165) is 13.5 Å². The van der Waals surface area contributed by atoms with E-state index < -0.39 is 51.8 Å². The second-order valence-electron chi connectivity index (χ2n) is 12.0. The fourth-order valence-electron chi connectivity index (χ4n) is 6.77. The van der Waals surface area contributed by atoms with E-state index in [2.05, 4.69) is 15.5 Å². The molecule has 0 saturated carbocycles. The number of piperazine rings is 1. The predicted molar refractivity (Wildman–Crippen MR) is 168 cm³/mol. The first kappa shape index (κ1) is 35.7. The van der Waals surface area contributed by atoms with Gasteiger partial charge in [0.2, 0.25) is 15.9 Å². The molecule has 2 N–H and O–H groups in total. The largest absolute Gasteiger partial charge is 0.453 e. The molecule has 2 aliphatic heterocycles. The van der Waals surface area contributed by atoms with Crippen LogP contribution >= 0.6 is 0 Å². The summed E-state index contributed by atoms with van der Waals surface area (Å²) < 4.78 is 80.9. The third-order valence-corrected chi connectivity index (χ3v) is 11.1. The number of fused-ring (bicyclic) bond motifs is 2. The van der Waals surface area contributed by atoms with Crippen molar-refractivity contribution in [3.8, 4) is 0 Å². The van der Waals surface area contributed by atoms with Crippen molar-refractivity contribution in [2.75, 3.05) is 58.7 Å². The number of carbonyl (C=O) groups excluding carboxylic acids is 2. The normalized spacial score (nSPS) is 23.0. The Kier molecular flexibility index (Phi) is 12.1. The maximum Gasteiger partial charge on any atom is 0.407 e. The Morgan fingerprint density at radius 3 is 2.52 bits per heavy atom. The van der Waals surface area contributed by atoms with Crippen molar-refractivity contribution in [1.82, 2.24) is 14.5 Å². The van der Waals surface area contributed by atoms with Gasteiger partial charge in [-0.25, -0.2) is 22.0 Å². The molecular weight excluding hydrogens is 625 g/mol. The number of likely N-dealkylation sites (N-methyl/N-ethyl adjacent to an activating group) is 1. The number of nitrogens with zero attached hydrogens (tertiary/aromatic N) is 2. The molecule has 46 heavy (non-hydrogen) atoms. The topological polar surface area (TPSA) is 117 Å². The van der Waals surface area contributed by atoms with Crippen molar-refractivity contribution in [3.63, 3.8) is 0 Å². The fraction of sp³-hybridized carbons (Fsp3) is 0.562. The number of benzene rings is 2. The molecule has 2 amide bonds. The van der Waals surface area contributed by atoms with E-state index in [1.54, 1.807) is 4.31 Å². The molecule has 0 spiro atoms. The third-order valence-electron chi connectivity index (χ3n) is 9.16. The Hall–Kier alpha value is -3.20. The first-order valence-electron chi connectivity index (χ1n) is 15.4. The van der Waals surface area contributed by atoms with Crippen LogP contribution in [0.1, 0.15) is 43.2 Å². The van der Waals surface area contributed by atoms with Gasteiger partial charge in [0.05, 0.1) is 26.1 Å². The quantitative estimate of drug-likeness (QED) is 0.332. The van der Waals surface area contributed by atoms with E-state index in [1.807, 2.05) is 7.05 Å². The molecule has 4 rings (SSSR count). The maximum atomic E-state index is 15.4. The average Bonchev–Trinajstić information content (AvgIpc) is 3.16. The number of alkyl halides is 1. The van der Waals surface area contributed by atoms with Crippen molar-refractivity contribution < 1.29 is 40.7 Å². The van der Waals surface area contributed by atoms with Gasteiger partial charge >= 0.3 is 6.09 Å². The minimum Gasteiger partial charge on any atom is -0.453 e. The average molecular weight is 669 g/mol. The molecule has 254 valence electrons. The number of methoxy groups -OCH3 is 2. The summed E-state index contributed by atoms with van der Waals surface area (Å²) in [6, 6.07) is 7.83. The molecule has 2 aromatic carbocycles. The summed E-state index contributed by atoms with van der Waals surface area (Å²) in [4.78, 5) is 28.9. The number of hydrogen-bond acceptors (Lipinski definition) is 7. The van der Waals surface area contributed by atoms with E-state index in [-0.39, 0.29) is 55.0 Å². The number of carbonyl (C=O) groups is 2. The van der Waals surface area contributed by atoms with Crippen molar-refractivity contribution in [2.24, 2.45) is 0 Å². The summed E-state index contributed by atoms with van der Waals surface area (Å²) in [5.74, 6) is -1.80. The van der Waals surface area contributed by atoms with E-state index in [1.165, 1.54) is 49.6 Å². The smallest absolute Gasteiger partial charge is 0.407 e. The Bertz CT molecular complexity index is 1460. The lowest BCUT2D eigenvalue weighted by atomic mass is 9.71. The van der Waals surface area contributed by atoms with Gasteiger partial charge in [-0.3, -0.25) is 9.18 Å². The van der Waals surface area contributed by atoms with E-state index >= 15 is 4.39 Å². The van der Waals surface area contributed by atoms with Gasteiger partial charge in [0.1, 0.15) is 17.7 Å². The summed E-state index contributed by atoms with van der Waals surface area (Å²) in [6.07, 6.45) is 0.881. The van der Waals surface area contributed by atoms with Crippen LogP contribution in [0.3, 0.4) is 0 Å². The van der Waals surface area contributed by atoms with Crippen LogP contribution in [0.15, 0.2) is 42.5 Å². The summed E-state index contributed by atoms with van der Waals surface area (Å²) in [7, 11) is 1.02. The lowest BCUT2D eigenvalue weighted by Gasteiger charge is -2.42. The van der Waals surface area contributed by atoms with Crippen LogP contribution in [0, 0.1) is 11.6 Å².